The minimum atomic E-state index is -1.43. The lowest BCUT2D eigenvalue weighted by molar-refractivity contribution is 0.0691. The van der Waals surface area contributed by atoms with Crippen molar-refractivity contribution in [2.24, 2.45) is 0 Å². The molecule has 27 heavy (non-hydrogen) atoms. The average Bonchev–Trinajstić information content (AvgIpc) is 2.86. The lowest BCUT2D eigenvalue weighted by Crippen LogP contribution is -2.20. The molecule has 0 radical (unpaired) electrons. The molecule has 0 aliphatic carbocycles. The van der Waals surface area contributed by atoms with E-state index in [-0.39, 0.29) is 0 Å². The van der Waals surface area contributed by atoms with Crippen LogP contribution in [-0.2, 0) is 13.0 Å². The number of aromatic nitrogens is 2. The maximum absolute atomic E-state index is 12.2. The molecule has 0 fully saturated rings. The van der Waals surface area contributed by atoms with Crippen molar-refractivity contribution in [1.29, 1.82) is 0 Å². The quantitative estimate of drug-likeness (QED) is 0.552. The van der Waals surface area contributed by atoms with Crippen molar-refractivity contribution in [3.8, 4) is 17.0 Å². The van der Waals surface area contributed by atoms with E-state index in [1.165, 1.54) is 0 Å². The number of aromatic amines is 2. The predicted octanol–water partition coefficient (Wildman–Crippen LogP) is 2.64. The Labute approximate surface area is 159 Å². The van der Waals surface area contributed by atoms with Gasteiger partial charge in [0.2, 0.25) is 0 Å². The summed E-state index contributed by atoms with van der Waals surface area (Å²) in [5, 5.41) is 20.7. The van der Waals surface area contributed by atoms with E-state index in [1.807, 2.05) is 26.2 Å². The molecule has 2 aromatic heterocycles. The Kier molecular flexibility index (Phi) is 4.24. The number of carbonyl (C=O) groups is 1. The van der Waals surface area contributed by atoms with Gasteiger partial charge in [-0.1, -0.05) is 0 Å². The van der Waals surface area contributed by atoms with Crippen molar-refractivity contribution in [2.45, 2.75) is 17.9 Å². The van der Waals surface area contributed by atoms with Crippen LogP contribution < -0.4 is 5.56 Å². The summed E-state index contributed by atoms with van der Waals surface area (Å²) < 4.78 is 0. The van der Waals surface area contributed by atoms with Crippen LogP contribution in [0.3, 0.4) is 0 Å². The van der Waals surface area contributed by atoms with Crippen LogP contribution in [0.4, 0.5) is 0 Å². The summed E-state index contributed by atoms with van der Waals surface area (Å²) in [5.74, 6) is -1.18. The van der Waals surface area contributed by atoms with Crippen molar-refractivity contribution in [1.82, 2.24) is 14.9 Å². The number of hydrogen-bond donors (Lipinski definition) is 4. The third kappa shape index (κ3) is 3.00. The van der Waals surface area contributed by atoms with Crippen LogP contribution in [0.1, 0.15) is 21.6 Å². The molecule has 0 bridgehead atoms. The summed E-state index contributed by atoms with van der Waals surface area (Å²) in [6.45, 7) is 0.780. The van der Waals surface area contributed by atoms with Crippen LogP contribution >= 0.6 is 11.8 Å². The first-order valence-electron chi connectivity index (χ1n) is 8.50. The zero-order valence-electron chi connectivity index (χ0n) is 14.9. The molecule has 0 spiro atoms. The van der Waals surface area contributed by atoms with Crippen molar-refractivity contribution in [2.75, 3.05) is 19.8 Å². The predicted molar refractivity (Wildman–Crippen MR) is 105 cm³/mol. The summed E-state index contributed by atoms with van der Waals surface area (Å²) in [4.78, 5) is 32.7. The van der Waals surface area contributed by atoms with Crippen molar-refractivity contribution < 1.29 is 15.0 Å². The largest absolute Gasteiger partial charge is 0.506 e. The van der Waals surface area contributed by atoms with Gasteiger partial charge in [0, 0.05) is 44.9 Å². The van der Waals surface area contributed by atoms with Crippen LogP contribution in [-0.4, -0.2) is 50.9 Å². The fourth-order valence-corrected chi connectivity index (χ4v) is 4.57. The zero-order valence-corrected chi connectivity index (χ0v) is 15.7. The van der Waals surface area contributed by atoms with Gasteiger partial charge in [-0.3, -0.25) is 4.79 Å². The molecule has 8 heteroatoms. The molecular weight excluding hydrogens is 366 g/mol. The van der Waals surface area contributed by atoms with Crippen molar-refractivity contribution >= 4 is 28.6 Å². The molecule has 0 saturated heterocycles. The molecular formula is C19H19N3O4S. The Morgan fingerprint density at radius 1 is 1.26 bits per heavy atom. The topological polar surface area (TPSA) is 109 Å². The lowest BCUT2D eigenvalue weighted by Gasteiger charge is -2.12. The third-order valence-corrected chi connectivity index (χ3v) is 5.70. The number of benzene rings is 1. The summed E-state index contributed by atoms with van der Waals surface area (Å²) in [6.07, 6.45) is 0.470. The van der Waals surface area contributed by atoms with E-state index in [4.69, 9.17) is 0 Å². The molecule has 140 valence electrons. The summed E-state index contributed by atoms with van der Waals surface area (Å²) >= 11 is 1.62. The molecule has 7 nitrogen and oxygen atoms in total. The molecule has 0 saturated carbocycles. The number of H-pyrrole nitrogens is 2. The Bertz CT molecular complexity index is 1130. The maximum atomic E-state index is 12.2. The number of carboxylic acids is 1. The summed E-state index contributed by atoms with van der Waals surface area (Å²) in [7, 11) is 4.00. The van der Waals surface area contributed by atoms with Gasteiger partial charge < -0.3 is 25.1 Å². The van der Waals surface area contributed by atoms with Crippen LogP contribution in [0.5, 0.6) is 5.75 Å². The number of pyridine rings is 1. The highest BCUT2D eigenvalue weighted by Gasteiger charge is 2.26. The normalized spacial score (nSPS) is 13.4. The monoisotopic (exact) mass is 385 g/mol. The SMILES string of the molecule is CN(C)Cc1cc2cc3c(cc2[nH]1)SCCc1c-3[nH]c(=O)c(C(=O)O)c1O. The highest BCUT2D eigenvalue weighted by molar-refractivity contribution is 7.99. The van der Waals surface area contributed by atoms with Gasteiger partial charge in [-0.25, -0.2) is 4.79 Å². The van der Waals surface area contributed by atoms with E-state index in [0.717, 1.165) is 33.6 Å². The van der Waals surface area contributed by atoms with Gasteiger partial charge in [-0.05, 0) is 38.7 Å². The zero-order chi connectivity index (χ0) is 19.3. The second-order valence-electron chi connectivity index (χ2n) is 6.90. The maximum Gasteiger partial charge on any atom is 0.345 e. The first-order chi connectivity index (χ1) is 12.8. The molecule has 0 amide bonds. The van der Waals surface area contributed by atoms with Gasteiger partial charge in [-0.15, -0.1) is 11.8 Å². The lowest BCUT2D eigenvalue weighted by atomic mass is 9.99. The fraction of sp³-hybridized carbons (Fsp3) is 0.263. The molecule has 4 rings (SSSR count). The van der Waals surface area contributed by atoms with E-state index < -0.39 is 22.8 Å². The van der Waals surface area contributed by atoms with E-state index in [0.29, 0.717) is 23.4 Å². The third-order valence-electron chi connectivity index (χ3n) is 4.65. The highest BCUT2D eigenvalue weighted by Crippen LogP contribution is 2.41. The molecule has 0 unspecified atom stereocenters. The minimum Gasteiger partial charge on any atom is -0.506 e. The minimum absolute atomic E-state index is 0.433. The van der Waals surface area contributed by atoms with E-state index in [9.17, 15) is 19.8 Å². The van der Waals surface area contributed by atoms with E-state index >= 15 is 0 Å². The Morgan fingerprint density at radius 2 is 2.04 bits per heavy atom. The van der Waals surface area contributed by atoms with Crippen molar-refractivity contribution in [3.63, 3.8) is 0 Å². The van der Waals surface area contributed by atoms with E-state index in [1.54, 1.807) is 11.8 Å². The molecule has 0 atom stereocenters. The number of aromatic hydroxyl groups is 1. The number of aromatic carboxylic acids is 1. The molecule has 1 aliphatic heterocycles. The van der Waals surface area contributed by atoms with Gasteiger partial charge >= 0.3 is 5.97 Å². The Hall–Kier alpha value is -2.71. The second-order valence-corrected chi connectivity index (χ2v) is 8.04. The van der Waals surface area contributed by atoms with Gasteiger partial charge in [0.15, 0.2) is 5.56 Å². The number of nitrogens with zero attached hydrogens (tertiary/aromatic N) is 1. The van der Waals surface area contributed by atoms with Crippen molar-refractivity contribution in [3.05, 3.63) is 45.4 Å². The van der Waals surface area contributed by atoms with E-state index in [2.05, 4.69) is 20.9 Å². The van der Waals surface area contributed by atoms with Crippen LogP contribution in [0.2, 0.25) is 0 Å². The van der Waals surface area contributed by atoms with Gasteiger partial charge in [0.05, 0.1) is 5.69 Å². The van der Waals surface area contributed by atoms with Crippen LogP contribution in [0.15, 0.2) is 27.9 Å². The number of carboxylic acid groups (broad SMARTS) is 1. The van der Waals surface area contributed by atoms with Gasteiger partial charge in [0.1, 0.15) is 5.75 Å². The summed E-state index contributed by atoms with van der Waals surface area (Å²) in [5.41, 5.74) is 2.48. The number of fused-ring (bicyclic) bond motifs is 4. The fourth-order valence-electron chi connectivity index (χ4n) is 3.52. The molecule has 1 aromatic carbocycles. The average molecular weight is 385 g/mol. The number of hydrogen-bond acceptors (Lipinski definition) is 5. The second kappa shape index (κ2) is 6.47. The van der Waals surface area contributed by atoms with Gasteiger partial charge in [-0.2, -0.15) is 0 Å². The number of thioether (sulfide) groups is 1. The molecule has 3 aromatic rings. The smallest absolute Gasteiger partial charge is 0.345 e. The molecule has 1 aliphatic rings. The standard InChI is InChI=1S/C19H19N3O4S/c1-22(2)8-10-5-9-6-12-14(7-13(9)20-10)27-4-3-11-16(12)21-18(24)15(17(11)23)19(25)26/h5-7,20H,3-4,8H2,1-2H3,(H,25,26)(H2,21,23,24). The molecule has 4 N–H and O–H groups in total. The first kappa shape index (κ1) is 17.7. The number of rotatable bonds is 3. The van der Waals surface area contributed by atoms with Crippen LogP contribution in [0, 0.1) is 0 Å². The molecule has 3 heterocycles. The Balaban J connectivity index is 1.95. The first-order valence-corrected chi connectivity index (χ1v) is 9.48. The van der Waals surface area contributed by atoms with Gasteiger partial charge in [0.25, 0.3) is 5.56 Å². The Morgan fingerprint density at radius 3 is 2.74 bits per heavy atom. The van der Waals surface area contributed by atoms with Crippen LogP contribution in [0.25, 0.3) is 22.2 Å². The number of nitrogens with one attached hydrogen (secondary N) is 2. The highest BCUT2D eigenvalue weighted by atomic mass is 32.2. The summed E-state index contributed by atoms with van der Waals surface area (Å²) in [6, 6.07) is 6.09.